The number of anilines is 1. The Balaban J connectivity index is 1.99. The Labute approximate surface area is 152 Å². The molecule has 0 bridgehead atoms. The number of piperidine rings is 1. The summed E-state index contributed by atoms with van der Waals surface area (Å²) >= 11 is 5.92. The van der Waals surface area contributed by atoms with Crippen LogP contribution in [0.1, 0.15) is 33.6 Å². The summed E-state index contributed by atoms with van der Waals surface area (Å²) in [6, 6.07) is 1.54. The quantitative estimate of drug-likeness (QED) is 0.622. The molecule has 1 saturated heterocycles. The number of rotatable bonds is 3. The lowest BCUT2D eigenvalue weighted by atomic mass is 10.1. The molecule has 1 aliphatic rings. The zero-order valence-electron chi connectivity index (χ0n) is 14.7. The Morgan fingerprint density at radius 2 is 1.92 bits per heavy atom. The molecule has 0 unspecified atom stereocenters. The minimum absolute atomic E-state index is 0.00205. The van der Waals surface area contributed by atoms with Gasteiger partial charge in [0.1, 0.15) is 16.6 Å². The van der Waals surface area contributed by atoms with Crippen LogP contribution in [0.15, 0.2) is 11.2 Å². The lowest BCUT2D eigenvalue weighted by Crippen LogP contribution is -2.46. The molecule has 1 fully saturated rings. The van der Waals surface area contributed by atoms with Crippen molar-refractivity contribution in [3.05, 3.63) is 11.2 Å². The van der Waals surface area contributed by atoms with Crippen molar-refractivity contribution in [2.24, 2.45) is 0 Å². The maximum Gasteiger partial charge on any atom is 0.407 e. The van der Waals surface area contributed by atoms with E-state index in [9.17, 15) is 13.2 Å². The molecule has 1 aromatic heterocycles. The van der Waals surface area contributed by atoms with E-state index in [4.69, 9.17) is 16.3 Å². The van der Waals surface area contributed by atoms with Crippen molar-refractivity contribution in [3.8, 4) is 0 Å². The molecule has 0 atom stereocenters. The highest BCUT2D eigenvalue weighted by molar-refractivity contribution is 7.90. The van der Waals surface area contributed by atoms with Crippen molar-refractivity contribution in [1.29, 1.82) is 0 Å². The first-order valence-electron chi connectivity index (χ1n) is 7.93. The molecule has 0 spiro atoms. The number of ether oxygens (including phenoxy) is 1. The Hall–Kier alpha value is -1.61. The first-order valence-corrected chi connectivity index (χ1v) is 10.2. The molecule has 10 heteroatoms. The standard InChI is InChI=1S/C15H23ClN4O4S/c1-15(2,3)24-14(21)17-10-5-7-20(8-6-10)12-9-11(16)18-13(19-12)25(4,22)23/h9-10H,5-8H2,1-4H3,(H,17,21). The van der Waals surface area contributed by atoms with Crippen molar-refractivity contribution in [3.63, 3.8) is 0 Å². The summed E-state index contributed by atoms with van der Waals surface area (Å²) in [4.78, 5) is 21.6. The maximum absolute atomic E-state index is 11.8. The van der Waals surface area contributed by atoms with Gasteiger partial charge in [-0.2, -0.15) is 0 Å². The average Bonchev–Trinajstić information content (AvgIpc) is 2.44. The van der Waals surface area contributed by atoms with Crippen LogP contribution in [0.5, 0.6) is 0 Å². The SMILES string of the molecule is CC(C)(C)OC(=O)NC1CCN(c2cc(Cl)nc(S(C)(=O)=O)n2)CC1. The normalized spacial score (nSPS) is 16.6. The van der Waals surface area contributed by atoms with Crippen molar-refractivity contribution in [1.82, 2.24) is 15.3 Å². The molecule has 0 radical (unpaired) electrons. The van der Waals surface area contributed by atoms with Crippen molar-refractivity contribution >= 4 is 33.3 Å². The third-order valence-corrected chi connectivity index (χ3v) is 4.57. The van der Waals surface area contributed by atoms with Gasteiger partial charge in [-0.25, -0.2) is 23.2 Å². The summed E-state index contributed by atoms with van der Waals surface area (Å²) in [5.74, 6) is 0.469. The van der Waals surface area contributed by atoms with Gasteiger partial charge < -0.3 is 15.0 Å². The number of sulfone groups is 1. The van der Waals surface area contributed by atoms with E-state index in [1.54, 1.807) is 0 Å². The van der Waals surface area contributed by atoms with Crippen LogP contribution in [-0.2, 0) is 14.6 Å². The van der Waals surface area contributed by atoms with Crippen LogP contribution in [0.4, 0.5) is 10.6 Å². The number of amides is 1. The Kier molecular flexibility index (Phi) is 5.78. The molecule has 140 valence electrons. The Morgan fingerprint density at radius 3 is 2.44 bits per heavy atom. The zero-order valence-corrected chi connectivity index (χ0v) is 16.3. The smallest absolute Gasteiger partial charge is 0.407 e. The molecule has 2 rings (SSSR count). The minimum atomic E-state index is -3.54. The highest BCUT2D eigenvalue weighted by atomic mass is 35.5. The molecule has 1 amide bonds. The summed E-state index contributed by atoms with van der Waals surface area (Å²) in [6.45, 7) is 6.65. The molecule has 0 saturated carbocycles. The van der Waals surface area contributed by atoms with Gasteiger partial charge in [0.2, 0.25) is 15.0 Å². The van der Waals surface area contributed by atoms with Crippen LogP contribution < -0.4 is 10.2 Å². The molecule has 25 heavy (non-hydrogen) atoms. The number of nitrogens with one attached hydrogen (secondary N) is 1. The van der Waals surface area contributed by atoms with Gasteiger partial charge in [0.05, 0.1) is 0 Å². The van der Waals surface area contributed by atoms with Crippen LogP contribution in [0.3, 0.4) is 0 Å². The van der Waals surface area contributed by atoms with Crippen molar-refractivity contribution in [2.75, 3.05) is 24.2 Å². The van der Waals surface area contributed by atoms with E-state index in [0.717, 1.165) is 6.26 Å². The molecule has 0 aromatic carbocycles. The summed E-state index contributed by atoms with van der Waals surface area (Å²) in [5.41, 5.74) is -0.537. The van der Waals surface area contributed by atoms with Gasteiger partial charge in [-0.3, -0.25) is 0 Å². The van der Waals surface area contributed by atoms with Crippen molar-refractivity contribution < 1.29 is 17.9 Å². The third kappa shape index (κ3) is 6.00. The third-order valence-electron chi connectivity index (χ3n) is 3.53. The van der Waals surface area contributed by atoms with Gasteiger partial charge in [-0.1, -0.05) is 11.6 Å². The fourth-order valence-corrected chi connectivity index (χ4v) is 3.19. The molecule has 2 heterocycles. The predicted octanol–water partition coefficient (Wildman–Crippen LogP) is 2.03. The van der Waals surface area contributed by atoms with Gasteiger partial charge in [0, 0.05) is 31.5 Å². The lowest BCUT2D eigenvalue weighted by molar-refractivity contribution is 0.0497. The molecule has 1 N–H and O–H groups in total. The molecular weight excluding hydrogens is 368 g/mol. The largest absolute Gasteiger partial charge is 0.444 e. The Bertz CT molecular complexity index is 740. The van der Waals surface area contributed by atoms with E-state index in [2.05, 4.69) is 15.3 Å². The molecule has 8 nitrogen and oxygen atoms in total. The van der Waals surface area contributed by atoms with Gasteiger partial charge in [0.15, 0.2) is 0 Å². The second kappa shape index (κ2) is 7.33. The molecule has 0 aliphatic carbocycles. The number of nitrogens with zero attached hydrogens (tertiary/aromatic N) is 3. The van der Waals surface area contributed by atoms with Gasteiger partial charge in [-0.15, -0.1) is 0 Å². The number of carbonyl (C=O) groups is 1. The summed E-state index contributed by atoms with van der Waals surface area (Å²) in [5, 5.41) is 2.65. The fourth-order valence-electron chi connectivity index (χ4n) is 2.44. The van der Waals surface area contributed by atoms with Gasteiger partial charge in [0.25, 0.3) is 0 Å². The monoisotopic (exact) mass is 390 g/mol. The van der Waals surface area contributed by atoms with Gasteiger partial charge >= 0.3 is 6.09 Å². The maximum atomic E-state index is 11.8. The van der Waals surface area contributed by atoms with Crippen LogP contribution >= 0.6 is 11.6 Å². The highest BCUT2D eigenvalue weighted by Gasteiger charge is 2.25. The fraction of sp³-hybridized carbons (Fsp3) is 0.667. The van der Waals surface area contributed by atoms with Crippen LogP contribution in [0.2, 0.25) is 5.15 Å². The van der Waals surface area contributed by atoms with Crippen LogP contribution in [0, 0.1) is 0 Å². The summed E-state index contributed by atoms with van der Waals surface area (Å²) < 4.78 is 28.5. The number of halogens is 1. The molecular formula is C15H23ClN4O4S. The van der Waals surface area contributed by atoms with Gasteiger partial charge in [-0.05, 0) is 33.6 Å². The second-order valence-corrected chi connectivity index (χ2v) is 9.31. The molecule has 1 aromatic rings. The van der Waals surface area contributed by atoms with E-state index >= 15 is 0 Å². The number of hydrogen-bond donors (Lipinski definition) is 1. The first kappa shape index (κ1) is 19.7. The first-order chi connectivity index (χ1) is 11.4. The van der Waals surface area contributed by atoms with Crippen LogP contribution in [0.25, 0.3) is 0 Å². The van der Waals surface area contributed by atoms with E-state index in [0.29, 0.717) is 31.7 Å². The topological polar surface area (TPSA) is 101 Å². The lowest BCUT2D eigenvalue weighted by Gasteiger charge is -2.33. The number of hydrogen-bond acceptors (Lipinski definition) is 7. The second-order valence-electron chi connectivity index (χ2n) is 7.01. The van der Waals surface area contributed by atoms with Crippen LogP contribution in [-0.4, -0.2) is 55.5 Å². The zero-order chi connectivity index (χ0) is 18.8. The minimum Gasteiger partial charge on any atom is -0.444 e. The van der Waals surface area contributed by atoms with E-state index in [-0.39, 0.29) is 16.4 Å². The number of alkyl carbamates (subject to hydrolysis) is 1. The van der Waals surface area contributed by atoms with E-state index in [1.165, 1.54) is 6.07 Å². The average molecular weight is 391 g/mol. The Morgan fingerprint density at radius 1 is 1.32 bits per heavy atom. The molecule has 1 aliphatic heterocycles. The van der Waals surface area contributed by atoms with E-state index < -0.39 is 21.5 Å². The number of carbonyl (C=O) groups excluding carboxylic acids is 1. The van der Waals surface area contributed by atoms with Crippen molar-refractivity contribution in [2.45, 2.75) is 50.4 Å². The predicted molar refractivity (Wildman–Crippen MR) is 94.8 cm³/mol. The summed E-state index contributed by atoms with van der Waals surface area (Å²) in [6.07, 6.45) is 1.99. The van der Waals surface area contributed by atoms with E-state index in [1.807, 2.05) is 25.7 Å². The summed E-state index contributed by atoms with van der Waals surface area (Å²) in [7, 11) is -3.54. The highest BCUT2D eigenvalue weighted by Crippen LogP contribution is 2.22. The number of aromatic nitrogens is 2.